The Hall–Kier alpha value is -2.86. The van der Waals surface area contributed by atoms with Crippen molar-refractivity contribution in [2.75, 3.05) is 0 Å². The summed E-state index contributed by atoms with van der Waals surface area (Å²) in [7, 11) is 0. The predicted molar refractivity (Wildman–Crippen MR) is 101 cm³/mol. The molecule has 0 unspecified atom stereocenters. The van der Waals surface area contributed by atoms with E-state index in [-0.39, 0.29) is 0 Å². The van der Waals surface area contributed by atoms with Crippen LogP contribution in [0.15, 0.2) is 91.5 Å². The monoisotopic (exact) mass is 294 g/mol. The molecule has 0 atom stereocenters. The third kappa shape index (κ3) is 2.43. The van der Waals surface area contributed by atoms with Gasteiger partial charge in [-0.1, -0.05) is 72.8 Å². The maximum absolute atomic E-state index is 3.92. The Kier molecular flexibility index (Phi) is 3.44. The molecule has 4 rings (SSSR count). The Bertz CT molecular complexity index is 994. The molecule has 110 valence electrons. The van der Waals surface area contributed by atoms with E-state index in [1.165, 1.54) is 38.2 Å². The van der Waals surface area contributed by atoms with Crippen LogP contribution in [0.2, 0.25) is 0 Å². The number of rotatable bonds is 3. The number of fused-ring (bicyclic) bond motifs is 2. The lowest BCUT2D eigenvalue weighted by Gasteiger charge is -2.14. The van der Waals surface area contributed by atoms with E-state index in [2.05, 4.69) is 85.4 Å². The SMILES string of the molecule is C=CCc1ccc2cc3ccccc3cc2c1-c1ccccc1. The van der Waals surface area contributed by atoms with Crippen LogP contribution in [0.4, 0.5) is 0 Å². The normalized spacial score (nSPS) is 11.0. The van der Waals surface area contributed by atoms with E-state index >= 15 is 0 Å². The molecule has 0 heterocycles. The van der Waals surface area contributed by atoms with Gasteiger partial charge in [-0.3, -0.25) is 0 Å². The molecule has 0 radical (unpaired) electrons. The van der Waals surface area contributed by atoms with Crippen LogP contribution in [0.5, 0.6) is 0 Å². The van der Waals surface area contributed by atoms with Gasteiger partial charge in [0.2, 0.25) is 0 Å². The van der Waals surface area contributed by atoms with Crippen molar-refractivity contribution in [3.8, 4) is 11.1 Å². The maximum atomic E-state index is 3.92. The largest absolute Gasteiger partial charge is 0.103 e. The van der Waals surface area contributed by atoms with Gasteiger partial charge in [-0.2, -0.15) is 0 Å². The summed E-state index contributed by atoms with van der Waals surface area (Å²) in [6.45, 7) is 3.92. The van der Waals surface area contributed by atoms with Crippen molar-refractivity contribution < 1.29 is 0 Å². The van der Waals surface area contributed by atoms with Crippen LogP contribution in [0.1, 0.15) is 5.56 Å². The van der Waals surface area contributed by atoms with Crippen molar-refractivity contribution in [1.29, 1.82) is 0 Å². The van der Waals surface area contributed by atoms with Crippen molar-refractivity contribution in [1.82, 2.24) is 0 Å². The zero-order chi connectivity index (χ0) is 15.6. The number of benzene rings is 4. The molecule has 0 aromatic heterocycles. The molecular formula is C23H18. The third-order valence-corrected chi connectivity index (χ3v) is 4.40. The van der Waals surface area contributed by atoms with Gasteiger partial charge in [0.15, 0.2) is 0 Å². The highest BCUT2D eigenvalue weighted by atomic mass is 14.1. The Morgan fingerprint density at radius 2 is 1.39 bits per heavy atom. The van der Waals surface area contributed by atoms with Crippen LogP contribution < -0.4 is 0 Å². The lowest BCUT2D eigenvalue weighted by molar-refractivity contribution is 1.29. The van der Waals surface area contributed by atoms with Gasteiger partial charge in [0, 0.05) is 0 Å². The molecule has 4 aromatic carbocycles. The van der Waals surface area contributed by atoms with E-state index in [1.807, 2.05) is 6.08 Å². The zero-order valence-corrected chi connectivity index (χ0v) is 13.0. The molecule has 0 bridgehead atoms. The van der Waals surface area contributed by atoms with Crippen LogP contribution in [0.3, 0.4) is 0 Å². The average Bonchev–Trinajstić information content (AvgIpc) is 2.61. The number of hydrogen-bond acceptors (Lipinski definition) is 0. The van der Waals surface area contributed by atoms with E-state index in [0.29, 0.717) is 0 Å². The average molecular weight is 294 g/mol. The van der Waals surface area contributed by atoms with Gasteiger partial charge < -0.3 is 0 Å². The molecule has 0 amide bonds. The second kappa shape index (κ2) is 5.73. The van der Waals surface area contributed by atoms with Crippen LogP contribution in [0, 0.1) is 0 Å². The lowest BCUT2D eigenvalue weighted by atomic mass is 9.90. The fraction of sp³-hybridized carbons (Fsp3) is 0.0435. The zero-order valence-electron chi connectivity index (χ0n) is 13.0. The maximum Gasteiger partial charge on any atom is -0.00699 e. The quantitative estimate of drug-likeness (QED) is 0.303. The second-order valence-electron chi connectivity index (χ2n) is 5.88. The summed E-state index contributed by atoms with van der Waals surface area (Å²) < 4.78 is 0. The van der Waals surface area contributed by atoms with Gasteiger partial charge >= 0.3 is 0 Å². The minimum atomic E-state index is 0.882. The van der Waals surface area contributed by atoms with Gasteiger partial charge in [-0.05, 0) is 56.8 Å². The van der Waals surface area contributed by atoms with E-state index in [0.717, 1.165) is 6.42 Å². The van der Waals surface area contributed by atoms with Crippen LogP contribution >= 0.6 is 0 Å². The van der Waals surface area contributed by atoms with Crippen LogP contribution in [0.25, 0.3) is 32.7 Å². The molecule has 0 heteroatoms. The Labute approximate surface area is 136 Å². The smallest absolute Gasteiger partial charge is 0.00699 e. The Morgan fingerprint density at radius 1 is 0.696 bits per heavy atom. The predicted octanol–water partition coefficient (Wildman–Crippen LogP) is 6.39. The lowest BCUT2D eigenvalue weighted by Crippen LogP contribution is -1.91. The molecule has 0 saturated carbocycles. The van der Waals surface area contributed by atoms with Crippen molar-refractivity contribution in [2.45, 2.75) is 6.42 Å². The molecule has 0 aliphatic carbocycles. The molecule has 0 N–H and O–H groups in total. The summed E-state index contributed by atoms with van der Waals surface area (Å²) in [5, 5.41) is 5.17. The van der Waals surface area contributed by atoms with E-state index < -0.39 is 0 Å². The summed E-state index contributed by atoms with van der Waals surface area (Å²) in [6.07, 6.45) is 2.86. The molecule has 4 aromatic rings. The van der Waals surface area contributed by atoms with E-state index in [4.69, 9.17) is 0 Å². The topological polar surface area (TPSA) is 0 Å². The Morgan fingerprint density at radius 3 is 2.13 bits per heavy atom. The van der Waals surface area contributed by atoms with Gasteiger partial charge in [-0.25, -0.2) is 0 Å². The minimum Gasteiger partial charge on any atom is -0.103 e. The number of allylic oxidation sites excluding steroid dienone is 1. The standard InChI is InChI=1S/C23H18/c1-2-8-17-13-14-21-15-19-11-6-7-12-20(19)16-22(21)23(17)18-9-4-3-5-10-18/h2-7,9-16H,1,8H2. The first kappa shape index (κ1) is 13.8. The van der Waals surface area contributed by atoms with Crippen molar-refractivity contribution in [3.63, 3.8) is 0 Å². The first-order chi connectivity index (χ1) is 11.4. The first-order valence-corrected chi connectivity index (χ1v) is 7.97. The van der Waals surface area contributed by atoms with Crippen LogP contribution in [-0.2, 0) is 6.42 Å². The van der Waals surface area contributed by atoms with Crippen molar-refractivity contribution >= 4 is 21.5 Å². The molecular weight excluding hydrogens is 276 g/mol. The molecule has 0 aliphatic heterocycles. The molecule has 0 fully saturated rings. The highest BCUT2D eigenvalue weighted by Gasteiger charge is 2.10. The molecule has 0 spiro atoms. The number of hydrogen-bond donors (Lipinski definition) is 0. The highest BCUT2D eigenvalue weighted by molar-refractivity contribution is 6.05. The second-order valence-corrected chi connectivity index (χ2v) is 5.88. The van der Waals surface area contributed by atoms with Crippen molar-refractivity contribution in [2.24, 2.45) is 0 Å². The minimum absolute atomic E-state index is 0.882. The summed E-state index contributed by atoms with van der Waals surface area (Å²) >= 11 is 0. The van der Waals surface area contributed by atoms with Gasteiger partial charge in [-0.15, -0.1) is 6.58 Å². The first-order valence-electron chi connectivity index (χ1n) is 7.97. The third-order valence-electron chi connectivity index (χ3n) is 4.40. The molecule has 0 saturated heterocycles. The summed E-state index contributed by atoms with van der Waals surface area (Å²) in [6, 6.07) is 28.3. The molecule has 23 heavy (non-hydrogen) atoms. The fourth-order valence-corrected chi connectivity index (χ4v) is 3.33. The summed E-state index contributed by atoms with van der Waals surface area (Å²) in [5.41, 5.74) is 3.92. The van der Waals surface area contributed by atoms with Crippen LogP contribution in [-0.4, -0.2) is 0 Å². The van der Waals surface area contributed by atoms with Gasteiger partial charge in [0.25, 0.3) is 0 Å². The van der Waals surface area contributed by atoms with Gasteiger partial charge in [0.1, 0.15) is 0 Å². The van der Waals surface area contributed by atoms with E-state index in [9.17, 15) is 0 Å². The molecule has 0 nitrogen and oxygen atoms in total. The van der Waals surface area contributed by atoms with Gasteiger partial charge in [0.05, 0.1) is 0 Å². The summed E-state index contributed by atoms with van der Waals surface area (Å²) in [4.78, 5) is 0. The van der Waals surface area contributed by atoms with E-state index in [1.54, 1.807) is 0 Å². The molecule has 0 aliphatic rings. The van der Waals surface area contributed by atoms with Crippen molar-refractivity contribution in [3.05, 3.63) is 97.1 Å². The Balaban J connectivity index is 2.11. The highest BCUT2D eigenvalue weighted by Crippen LogP contribution is 2.35. The summed E-state index contributed by atoms with van der Waals surface area (Å²) in [5.74, 6) is 0. The fourth-order valence-electron chi connectivity index (χ4n) is 3.33.